The van der Waals surface area contributed by atoms with E-state index >= 15 is 0 Å². The zero-order chi connectivity index (χ0) is 10.6. The van der Waals surface area contributed by atoms with E-state index in [1.54, 1.807) is 0 Å². The number of carbonyl (C=O) groups excluding carboxylic acids is 1. The molecule has 1 rings (SSSR count). The molecule has 2 atom stereocenters. The van der Waals surface area contributed by atoms with Crippen LogP contribution in [0.4, 0.5) is 0 Å². The van der Waals surface area contributed by atoms with Gasteiger partial charge in [0.25, 0.3) is 0 Å². The van der Waals surface area contributed by atoms with E-state index in [0.717, 1.165) is 18.2 Å². The highest BCUT2D eigenvalue weighted by atomic mass is 79.9. The van der Waals surface area contributed by atoms with Crippen molar-refractivity contribution in [3.8, 4) is 0 Å². The summed E-state index contributed by atoms with van der Waals surface area (Å²) in [6.07, 6.45) is 4.53. The van der Waals surface area contributed by atoms with Gasteiger partial charge in [0.1, 0.15) is 0 Å². The highest BCUT2D eigenvalue weighted by Gasteiger charge is 2.32. The molecule has 0 radical (unpaired) electrons. The lowest BCUT2D eigenvalue weighted by atomic mass is 10.0. The first-order valence-electron chi connectivity index (χ1n) is 5.55. The predicted molar refractivity (Wildman–Crippen MR) is 62.5 cm³/mol. The molecule has 0 saturated heterocycles. The summed E-state index contributed by atoms with van der Waals surface area (Å²) in [5.41, 5.74) is 0. The molecular weight excluding hydrogens is 242 g/mol. The first-order valence-corrected chi connectivity index (χ1v) is 6.67. The number of hydrogen-bond donors (Lipinski definition) is 1. The molecule has 1 aliphatic carbocycles. The number of nitrogens with one attached hydrogen (secondary N) is 1. The van der Waals surface area contributed by atoms with Crippen LogP contribution in [0.15, 0.2) is 0 Å². The number of halogens is 1. The minimum absolute atomic E-state index is 0.222. The van der Waals surface area contributed by atoms with Crippen LogP contribution in [0.2, 0.25) is 0 Å². The molecule has 1 aliphatic rings. The lowest BCUT2D eigenvalue weighted by Gasteiger charge is -2.18. The van der Waals surface area contributed by atoms with Crippen LogP contribution >= 0.6 is 15.9 Å². The molecule has 0 aromatic carbocycles. The zero-order valence-electron chi connectivity index (χ0n) is 9.05. The van der Waals surface area contributed by atoms with Crippen LogP contribution in [0.25, 0.3) is 0 Å². The van der Waals surface area contributed by atoms with Gasteiger partial charge in [0.05, 0.1) is 0 Å². The number of amides is 1. The normalized spacial score (nSPS) is 20.2. The monoisotopic (exact) mass is 261 g/mol. The molecule has 0 aromatic heterocycles. The predicted octanol–water partition coefficient (Wildman–Crippen LogP) is 2.71. The van der Waals surface area contributed by atoms with Crippen LogP contribution in [0, 0.1) is 11.8 Å². The summed E-state index contributed by atoms with van der Waals surface area (Å²) in [4.78, 5) is 11.7. The molecule has 2 unspecified atom stereocenters. The maximum absolute atomic E-state index is 11.7. The van der Waals surface area contributed by atoms with Crippen molar-refractivity contribution < 1.29 is 4.79 Å². The Morgan fingerprint density at radius 3 is 2.64 bits per heavy atom. The van der Waals surface area contributed by atoms with Crippen LogP contribution in [0.3, 0.4) is 0 Å². The molecular formula is C11H20BrNO. The van der Waals surface area contributed by atoms with Crippen molar-refractivity contribution in [2.45, 2.75) is 45.6 Å². The molecule has 1 fully saturated rings. The fourth-order valence-corrected chi connectivity index (χ4v) is 2.21. The van der Waals surface area contributed by atoms with Gasteiger partial charge in [-0.2, -0.15) is 0 Å². The van der Waals surface area contributed by atoms with Gasteiger partial charge >= 0.3 is 0 Å². The highest BCUT2D eigenvalue weighted by Crippen LogP contribution is 2.36. The molecule has 2 nitrogen and oxygen atoms in total. The van der Waals surface area contributed by atoms with Crippen molar-refractivity contribution in [1.29, 1.82) is 0 Å². The van der Waals surface area contributed by atoms with Crippen molar-refractivity contribution in [3.05, 3.63) is 0 Å². The molecule has 1 saturated carbocycles. The molecule has 1 N–H and O–H groups in total. The number of rotatable bonds is 6. The average Bonchev–Trinajstić information content (AvgIpc) is 2.99. The fraction of sp³-hybridized carbons (Fsp3) is 0.909. The quantitative estimate of drug-likeness (QED) is 0.733. The lowest BCUT2D eigenvalue weighted by molar-refractivity contribution is -0.125. The number of carbonyl (C=O) groups is 1. The molecule has 0 aromatic rings. The van der Waals surface area contributed by atoms with Crippen molar-refractivity contribution in [2.24, 2.45) is 11.8 Å². The van der Waals surface area contributed by atoms with Crippen molar-refractivity contribution in [2.75, 3.05) is 5.33 Å². The second-order valence-electron chi connectivity index (χ2n) is 4.22. The highest BCUT2D eigenvalue weighted by molar-refractivity contribution is 9.09. The van der Waals surface area contributed by atoms with E-state index in [0.29, 0.717) is 12.0 Å². The summed E-state index contributed by atoms with van der Waals surface area (Å²) in [6.45, 7) is 4.17. The van der Waals surface area contributed by atoms with Gasteiger partial charge in [-0.05, 0) is 31.6 Å². The van der Waals surface area contributed by atoms with E-state index in [1.807, 2.05) is 6.92 Å². The molecule has 3 heteroatoms. The molecule has 14 heavy (non-hydrogen) atoms. The van der Waals surface area contributed by atoms with Crippen LogP contribution in [0.5, 0.6) is 0 Å². The smallest absolute Gasteiger partial charge is 0.223 e. The molecule has 0 spiro atoms. The Kier molecular flexibility index (Phi) is 4.93. The fourth-order valence-electron chi connectivity index (χ4n) is 1.65. The zero-order valence-corrected chi connectivity index (χ0v) is 10.6. The van der Waals surface area contributed by atoms with Gasteiger partial charge in [0.15, 0.2) is 0 Å². The van der Waals surface area contributed by atoms with Crippen LogP contribution < -0.4 is 5.32 Å². The maximum Gasteiger partial charge on any atom is 0.223 e. The van der Waals surface area contributed by atoms with E-state index in [2.05, 4.69) is 28.2 Å². The number of alkyl halides is 1. The van der Waals surface area contributed by atoms with Gasteiger partial charge in [-0.15, -0.1) is 0 Å². The van der Waals surface area contributed by atoms with E-state index < -0.39 is 0 Å². The third kappa shape index (κ3) is 3.60. The first-order chi connectivity index (χ1) is 6.69. The maximum atomic E-state index is 11.7. The Balaban J connectivity index is 2.29. The Hall–Kier alpha value is -0.0500. The van der Waals surface area contributed by atoms with Crippen molar-refractivity contribution >= 4 is 21.8 Å². The summed E-state index contributed by atoms with van der Waals surface area (Å²) in [5, 5.41) is 4.08. The molecule has 0 aliphatic heterocycles. The van der Waals surface area contributed by atoms with Gasteiger partial charge in [-0.1, -0.05) is 29.8 Å². The first kappa shape index (κ1) is 12.0. The van der Waals surface area contributed by atoms with Gasteiger partial charge in [-0.25, -0.2) is 0 Å². The summed E-state index contributed by atoms with van der Waals surface area (Å²) >= 11 is 3.41. The standard InChI is InChI=1S/C11H20BrNO/c1-3-10(6-7-12)13-11(14)8(2)9-4-5-9/h8-10H,3-7H2,1-2H3,(H,13,14). The van der Waals surface area contributed by atoms with Crippen LogP contribution in [-0.2, 0) is 4.79 Å². The minimum atomic E-state index is 0.222. The minimum Gasteiger partial charge on any atom is -0.353 e. The van der Waals surface area contributed by atoms with E-state index in [1.165, 1.54) is 12.8 Å². The van der Waals surface area contributed by atoms with Crippen LogP contribution in [0.1, 0.15) is 39.5 Å². The van der Waals surface area contributed by atoms with Gasteiger partial charge in [-0.3, -0.25) is 4.79 Å². The largest absolute Gasteiger partial charge is 0.353 e. The summed E-state index contributed by atoms with van der Waals surface area (Å²) < 4.78 is 0. The van der Waals surface area contributed by atoms with Gasteiger partial charge < -0.3 is 5.32 Å². The Labute approximate surface area is 95.0 Å². The molecule has 82 valence electrons. The van der Waals surface area contributed by atoms with E-state index in [9.17, 15) is 4.79 Å². The Morgan fingerprint density at radius 2 is 2.21 bits per heavy atom. The summed E-state index contributed by atoms with van der Waals surface area (Å²) in [7, 11) is 0. The van der Waals surface area contributed by atoms with Gasteiger partial charge in [0, 0.05) is 17.3 Å². The van der Waals surface area contributed by atoms with E-state index in [4.69, 9.17) is 0 Å². The molecule has 0 heterocycles. The third-order valence-corrected chi connectivity index (χ3v) is 3.50. The van der Waals surface area contributed by atoms with Gasteiger partial charge in [0.2, 0.25) is 5.91 Å². The van der Waals surface area contributed by atoms with E-state index in [-0.39, 0.29) is 11.8 Å². The Bertz CT molecular complexity index is 192. The van der Waals surface area contributed by atoms with Crippen LogP contribution in [-0.4, -0.2) is 17.3 Å². The van der Waals surface area contributed by atoms with Crippen molar-refractivity contribution in [1.82, 2.24) is 5.32 Å². The molecule has 1 amide bonds. The average molecular weight is 262 g/mol. The molecule has 0 bridgehead atoms. The summed E-state index contributed by atoms with van der Waals surface area (Å²) in [6, 6.07) is 0.350. The van der Waals surface area contributed by atoms with Crippen molar-refractivity contribution in [3.63, 3.8) is 0 Å². The lowest BCUT2D eigenvalue weighted by Crippen LogP contribution is -2.38. The SMILES string of the molecule is CCC(CCBr)NC(=O)C(C)C1CC1. The second-order valence-corrected chi connectivity index (χ2v) is 5.01. The second kappa shape index (κ2) is 5.74. The topological polar surface area (TPSA) is 29.1 Å². The Morgan fingerprint density at radius 1 is 1.57 bits per heavy atom. The summed E-state index contributed by atoms with van der Waals surface area (Å²) in [5.74, 6) is 1.14. The third-order valence-electron chi connectivity index (χ3n) is 3.04. The number of hydrogen-bond acceptors (Lipinski definition) is 1.